The lowest BCUT2D eigenvalue weighted by molar-refractivity contribution is 0.0991. The van der Waals surface area contributed by atoms with Gasteiger partial charge in [-0.2, -0.15) is 4.98 Å². The van der Waals surface area contributed by atoms with Crippen LogP contribution in [0.5, 0.6) is 5.88 Å². The van der Waals surface area contributed by atoms with Crippen LogP contribution in [0.1, 0.15) is 21.7 Å². The lowest BCUT2D eigenvalue weighted by Gasteiger charge is -2.27. The zero-order chi connectivity index (χ0) is 22.5. The van der Waals surface area contributed by atoms with Crippen LogP contribution in [0.3, 0.4) is 0 Å². The first-order valence-electron chi connectivity index (χ1n) is 11.1. The summed E-state index contributed by atoms with van der Waals surface area (Å²) in [5, 5.41) is 1.01. The molecule has 0 radical (unpaired) electrons. The van der Waals surface area contributed by atoms with Crippen LogP contribution in [0.2, 0.25) is 0 Å². The average molecular weight is 444 g/mol. The number of aromatic amines is 1. The molecule has 0 spiro atoms. The number of hydrogen-bond acceptors (Lipinski definition) is 7. The number of pyridine rings is 1. The van der Waals surface area contributed by atoms with Crippen molar-refractivity contribution >= 4 is 22.6 Å². The van der Waals surface area contributed by atoms with Crippen molar-refractivity contribution in [2.45, 2.75) is 12.8 Å². The Labute approximate surface area is 191 Å². The number of carbonyl (C=O) groups is 1. The second-order valence-electron chi connectivity index (χ2n) is 7.90. The van der Waals surface area contributed by atoms with Crippen LogP contribution in [0.15, 0.2) is 60.9 Å². The summed E-state index contributed by atoms with van der Waals surface area (Å²) in [5.41, 5.74) is 3.26. The summed E-state index contributed by atoms with van der Waals surface area (Å²) in [6.45, 7) is 3.09. The van der Waals surface area contributed by atoms with Crippen molar-refractivity contribution in [1.29, 1.82) is 0 Å². The molecular formula is C25H25N5O3. The zero-order valence-corrected chi connectivity index (χ0v) is 18.2. The standard InChI is InChI=1S/C25H25N5O3/c31-23(19-4-5-22-18(15-19)6-9-27-22)16-21-17-24(33-12-7-20-3-1-2-8-26-20)29-25(28-21)30-10-13-32-14-11-30/h1-6,8-9,15,17,27H,7,10-14,16H2. The van der Waals surface area contributed by atoms with E-state index < -0.39 is 0 Å². The molecule has 4 aromatic rings. The van der Waals surface area contributed by atoms with E-state index in [2.05, 4.69) is 24.8 Å². The summed E-state index contributed by atoms with van der Waals surface area (Å²) in [6, 6.07) is 15.2. The summed E-state index contributed by atoms with van der Waals surface area (Å²) in [7, 11) is 0. The van der Waals surface area contributed by atoms with Gasteiger partial charge in [-0.3, -0.25) is 9.78 Å². The molecule has 168 valence electrons. The van der Waals surface area contributed by atoms with E-state index in [1.54, 1.807) is 12.3 Å². The topological polar surface area (TPSA) is 93.2 Å². The normalized spacial score (nSPS) is 13.9. The maximum absolute atomic E-state index is 13.0. The van der Waals surface area contributed by atoms with Gasteiger partial charge in [0.25, 0.3) is 0 Å². The van der Waals surface area contributed by atoms with Crippen LogP contribution >= 0.6 is 0 Å². The quantitative estimate of drug-likeness (QED) is 0.418. The number of ether oxygens (including phenoxy) is 2. The van der Waals surface area contributed by atoms with Crippen LogP contribution < -0.4 is 9.64 Å². The van der Waals surface area contributed by atoms with E-state index in [1.807, 2.05) is 48.7 Å². The molecule has 1 saturated heterocycles. The number of hydrogen-bond donors (Lipinski definition) is 1. The van der Waals surface area contributed by atoms with Gasteiger partial charge in [0, 0.05) is 60.1 Å². The van der Waals surface area contributed by atoms with Gasteiger partial charge in [-0.15, -0.1) is 0 Å². The Morgan fingerprint density at radius 3 is 2.82 bits per heavy atom. The molecule has 33 heavy (non-hydrogen) atoms. The molecule has 1 aromatic carbocycles. The predicted octanol–water partition coefficient (Wildman–Crippen LogP) is 3.24. The van der Waals surface area contributed by atoms with Gasteiger partial charge < -0.3 is 19.4 Å². The van der Waals surface area contributed by atoms with E-state index in [-0.39, 0.29) is 12.2 Å². The molecule has 1 fully saturated rings. The molecule has 0 bridgehead atoms. The minimum Gasteiger partial charge on any atom is -0.477 e. The van der Waals surface area contributed by atoms with E-state index in [4.69, 9.17) is 9.47 Å². The van der Waals surface area contributed by atoms with Crippen molar-refractivity contribution in [1.82, 2.24) is 19.9 Å². The number of carbonyl (C=O) groups excluding carboxylic acids is 1. The van der Waals surface area contributed by atoms with Crippen molar-refractivity contribution in [2.75, 3.05) is 37.8 Å². The SMILES string of the molecule is O=C(Cc1cc(OCCc2ccccn2)nc(N2CCOCC2)n1)c1ccc2[nH]ccc2c1. The van der Waals surface area contributed by atoms with Gasteiger partial charge in [-0.25, -0.2) is 4.98 Å². The average Bonchev–Trinajstić information content (AvgIpc) is 3.33. The fraction of sp³-hybridized carbons (Fsp3) is 0.280. The number of rotatable bonds is 8. The number of Topliss-reactive ketones (excluding diaryl/α,β-unsaturated/α-hetero) is 1. The molecule has 1 aliphatic heterocycles. The Bertz CT molecular complexity index is 1240. The third kappa shape index (κ3) is 5.18. The van der Waals surface area contributed by atoms with Crippen molar-refractivity contribution in [3.8, 4) is 5.88 Å². The highest BCUT2D eigenvalue weighted by molar-refractivity contribution is 6.00. The molecule has 0 aliphatic carbocycles. The minimum atomic E-state index is 0.00385. The van der Waals surface area contributed by atoms with Crippen molar-refractivity contribution in [3.05, 3.63) is 77.9 Å². The smallest absolute Gasteiger partial charge is 0.229 e. The molecule has 0 atom stereocenters. The Morgan fingerprint density at radius 1 is 1.06 bits per heavy atom. The van der Waals surface area contributed by atoms with Gasteiger partial charge in [-0.1, -0.05) is 6.07 Å². The van der Waals surface area contributed by atoms with Crippen LogP contribution in [0.25, 0.3) is 10.9 Å². The molecule has 8 heteroatoms. The Kier molecular flexibility index (Phi) is 6.25. The van der Waals surface area contributed by atoms with Crippen LogP contribution in [0.4, 0.5) is 5.95 Å². The van der Waals surface area contributed by atoms with Gasteiger partial charge in [0.1, 0.15) is 0 Å². The van der Waals surface area contributed by atoms with E-state index in [1.165, 1.54) is 0 Å². The fourth-order valence-corrected chi connectivity index (χ4v) is 3.83. The van der Waals surface area contributed by atoms with Gasteiger partial charge in [0.2, 0.25) is 11.8 Å². The van der Waals surface area contributed by atoms with E-state index in [0.29, 0.717) is 62.4 Å². The molecule has 8 nitrogen and oxygen atoms in total. The molecular weight excluding hydrogens is 418 g/mol. The summed E-state index contributed by atoms with van der Waals surface area (Å²) < 4.78 is 11.4. The third-order valence-corrected chi connectivity index (χ3v) is 5.59. The molecule has 0 unspecified atom stereocenters. The lowest BCUT2D eigenvalue weighted by atomic mass is 10.0. The first-order chi connectivity index (χ1) is 16.2. The highest BCUT2D eigenvalue weighted by Gasteiger charge is 2.18. The summed E-state index contributed by atoms with van der Waals surface area (Å²) >= 11 is 0. The zero-order valence-electron chi connectivity index (χ0n) is 18.2. The number of nitrogens with zero attached hydrogens (tertiary/aromatic N) is 4. The molecule has 0 saturated carbocycles. The molecule has 4 heterocycles. The third-order valence-electron chi connectivity index (χ3n) is 5.59. The number of aromatic nitrogens is 4. The van der Waals surface area contributed by atoms with E-state index >= 15 is 0 Å². The number of morpholine rings is 1. The first-order valence-corrected chi connectivity index (χ1v) is 11.1. The molecule has 5 rings (SSSR count). The van der Waals surface area contributed by atoms with Crippen LogP contribution in [0, 0.1) is 0 Å². The maximum Gasteiger partial charge on any atom is 0.229 e. The van der Waals surface area contributed by atoms with Crippen LogP contribution in [-0.4, -0.2) is 58.6 Å². The number of ketones is 1. The second-order valence-corrected chi connectivity index (χ2v) is 7.90. The minimum absolute atomic E-state index is 0.00385. The van der Waals surface area contributed by atoms with Gasteiger partial charge in [0.15, 0.2) is 5.78 Å². The van der Waals surface area contributed by atoms with Gasteiger partial charge >= 0.3 is 0 Å². The number of nitrogens with one attached hydrogen (secondary N) is 1. The number of benzene rings is 1. The maximum atomic E-state index is 13.0. The van der Waals surface area contributed by atoms with Gasteiger partial charge in [-0.05, 0) is 36.4 Å². The molecule has 1 N–H and O–H groups in total. The molecule has 3 aromatic heterocycles. The monoisotopic (exact) mass is 443 g/mol. The highest BCUT2D eigenvalue weighted by Crippen LogP contribution is 2.20. The number of H-pyrrole nitrogens is 1. The predicted molar refractivity (Wildman–Crippen MR) is 125 cm³/mol. The second kappa shape index (κ2) is 9.79. The highest BCUT2D eigenvalue weighted by atomic mass is 16.5. The molecule has 0 amide bonds. The first kappa shape index (κ1) is 21.1. The van der Waals surface area contributed by atoms with Gasteiger partial charge in [0.05, 0.1) is 31.9 Å². The van der Waals surface area contributed by atoms with E-state index in [0.717, 1.165) is 16.6 Å². The molecule has 1 aliphatic rings. The number of anilines is 1. The lowest BCUT2D eigenvalue weighted by Crippen LogP contribution is -2.37. The fourth-order valence-electron chi connectivity index (χ4n) is 3.83. The number of fused-ring (bicyclic) bond motifs is 1. The van der Waals surface area contributed by atoms with Crippen molar-refractivity contribution < 1.29 is 14.3 Å². The Morgan fingerprint density at radius 2 is 1.97 bits per heavy atom. The van der Waals surface area contributed by atoms with E-state index in [9.17, 15) is 4.79 Å². The largest absolute Gasteiger partial charge is 0.477 e. The Hall–Kier alpha value is -3.78. The van der Waals surface area contributed by atoms with Crippen LogP contribution in [-0.2, 0) is 17.6 Å². The summed E-state index contributed by atoms with van der Waals surface area (Å²) in [4.78, 5) is 31.8. The van der Waals surface area contributed by atoms with Crippen molar-refractivity contribution in [3.63, 3.8) is 0 Å². The summed E-state index contributed by atoms with van der Waals surface area (Å²) in [6.07, 6.45) is 4.48. The Balaban J connectivity index is 1.35. The van der Waals surface area contributed by atoms with Crippen molar-refractivity contribution in [2.24, 2.45) is 0 Å². The summed E-state index contributed by atoms with van der Waals surface area (Å²) in [5.74, 6) is 1.04.